The average Bonchev–Trinajstić information content (AvgIpc) is 2.17. The standard InChI is InChI=1S/C12H27N/c1-5-9-11(7-3)12(8-4)13-10-6-2/h11-13H,5-10H2,1-4H3. The fraction of sp³-hybridized carbons (Fsp3) is 1.00. The van der Waals surface area contributed by atoms with Crippen molar-refractivity contribution >= 4 is 0 Å². The third kappa shape index (κ3) is 5.30. The van der Waals surface area contributed by atoms with E-state index in [0.29, 0.717) is 0 Å². The lowest BCUT2D eigenvalue weighted by Crippen LogP contribution is -2.35. The maximum Gasteiger partial charge on any atom is 0.00925 e. The summed E-state index contributed by atoms with van der Waals surface area (Å²) in [4.78, 5) is 0. The van der Waals surface area contributed by atoms with Gasteiger partial charge >= 0.3 is 0 Å². The van der Waals surface area contributed by atoms with E-state index >= 15 is 0 Å². The van der Waals surface area contributed by atoms with Crippen LogP contribution in [0.5, 0.6) is 0 Å². The first-order chi connectivity index (χ1) is 6.29. The Bertz CT molecular complexity index is 101. The minimum absolute atomic E-state index is 0.755. The van der Waals surface area contributed by atoms with Crippen molar-refractivity contribution in [2.75, 3.05) is 6.54 Å². The maximum atomic E-state index is 3.65. The predicted octanol–water partition coefficient (Wildman–Crippen LogP) is 3.59. The Morgan fingerprint density at radius 2 is 1.62 bits per heavy atom. The summed E-state index contributed by atoms with van der Waals surface area (Å²) >= 11 is 0. The molecular formula is C12H27N. The molecule has 80 valence electrons. The Balaban J connectivity index is 3.84. The van der Waals surface area contributed by atoms with Crippen LogP contribution < -0.4 is 5.32 Å². The minimum Gasteiger partial charge on any atom is -0.314 e. The van der Waals surface area contributed by atoms with Crippen LogP contribution in [0.25, 0.3) is 0 Å². The topological polar surface area (TPSA) is 12.0 Å². The van der Waals surface area contributed by atoms with Crippen molar-refractivity contribution in [2.24, 2.45) is 5.92 Å². The van der Waals surface area contributed by atoms with Crippen LogP contribution in [0.15, 0.2) is 0 Å². The summed E-state index contributed by atoms with van der Waals surface area (Å²) in [5, 5.41) is 3.65. The van der Waals surface area contributed by atoms with Gasteiger partial charge in [0.15, 0.2) is 0 Å². The molecule has 1 N–H and O–H groups in total. The molecule has 13 heavy (non-hydrogen) atoms. The van der Waals surface area contributed by atoms with Crippen LogP contribution in [0, 0.1) is 5.92 Å². The molecule has 0 aromatic carbocycles. The maximum absolute atomic E-state index is 3.65. The summed E-state index contributed by atoms with van der Waals surface area (Å²) in [6, 6.07) is 0.755. The quantitative estimate of drug-likeness (QED) is 0.609. The predicted molar refractivity (Wildman–Crippen MR) is 61.1 cm³/mol. The fourth-order valence-electron chi connectivity index (χ4n) is 2.03. The monoisotopic (exact) mass is 185 g/mol. The third-order valence-electron chi connectivity index (χ3n) is 2.85. The molecule has 0 aromatic rings. The van der Waals surface area contributed by atoms with Gasteiger partial charge < -0.3 is 5.32 Å². The van der Waals surface area contributed by atoms with Crippen molar-refractivity contribution in [1.29, 1.82) is 0 Å². The molecule has 0 fully saturated rings. The molecule has 0 saturated heterocycles. The second-order valence-corrected chi connectivity index (χ2v) is 3.93. The van der Waals surface area contributed by atoms with Crippen molar-refractivity contribution in [3.8, 4) is 0 Å². The number of hydrogen-bond donors (Lipinski definition) is 1. The van der Waals surface area contributed by atoms with Crippen molar-refractivity contribution in [2.45, 2.75) is 65.8 Å². The number of rotatable bonds is 8. The molecule has 1 nitrogen and oxygen atoms in total. The van der Waals surface area contributed by atoms with E-state index in [9.17, 15) is 0 Å². The number of nitrogens with one attached hydrogen (secondary N) is 1. The molecule has 0 amide bonds. The van der Waals surface area contributed by atoms with Gasteiger partial charge in [0.05, 0.1) is 0 Å². The van der Waals surface area contributed by atoms with Crippen LogP contribution in [-0.4, -0.2) is 12.6 Å². The summed E-state index contributed by atoms with van der Waals surface area (Å²) < 4.78 is 0. The van der Waals surface area contributed by atoms with Gasteiger partial charge in [0.1, 0.15) is 0 Å². The van der Waals surface area contributed by atoms with Gasteiger partial charge in [-0.15, -0.1) is 0 Å². The van der Waals surface area contributed by atoms with E-state index in [2.05, 4.69) is 33.0 Å². The first-order valence-corrected chi connectivity index (χ1v) is 6.03. The Kier molecular flexibility index (Phi) is 8.53. The van der Waals surface area contributed by atoms with Crippen LogP contribution in [0.3, 0.4) is 0 Å². The van der Waals surface area contributed by atoms with Crippen molar-refractivity contribution in [3.63, 3.8) is 0 Å². The molecule has 0 heterocycles. The van der Waals surface area contributed by atoms with Crippen molar-refractivity contribution in [3.05, 3.63) is 0 Å². The van der Waals surface area contributed by atoms with E-state index in [-0.39, 0.29) is 0 Å². The molecule has 0 bridgehead atoms. The second kappa shape index (κ2) is 8.55. The second-order valence-electron chi connectivity index (χ2n) is 3.93. The fourth-order valence-corrected chi connectivity index (χ4v) is 2.03. The van der Waals surface area contributed by atoms with E-state index < -0.39 is 0 Å². The van der Waals surface area contributed by atoms with Gasteiger partial charge in [-0.3, -0.25) is 0 Å². The zero-order valence-corrected chi connectivity index (χ0v) is 9.90. The highest BCUT2D eigenvalue weighted by Crippen LogP contribution is 2.17. The summed E-state index contributed by atoms with van der Waals surface area (Å²) in [6.07, 6.45) is 6.55. The van der Waals surface area contributed by atoms with Gasteiger partial charge in [-0.2, -0.15) is 0 Å². The van der Waals surface area contributed by atoms with E-state index in [0.717, 1.165) is 12.0 Å². The zero-order valence-electron chi connectivity index (χ0n) is 9.90. The van der Waals surface area contributed by atoms with Crippen molar-refractivity contribution < 1.29 is 0 Å². The normalized spacial score (nSPS) is 15.7. The van der Waals surface area contributed by atoms with Gasteiger partial charge in [-0.05, 0) is 31.7 Å². The molecule has 2 atom stereocenters. The van der Waals surface area contributed by atoms with E-state index in [1.54, 1.807) is 0 Å². The van der Waals surface area contributed by atoms with E-state index in [1.807, 2.05) is 0 Å². The molecule has 0 spiro atoms. The zero-order chi connectivity index (χ0) is 10.1. The smallest absolute Gasteiger partial charge is 0.00925 e. The van der Waals surface area contributed by atoms with Gasteiger partial charge in [-0.25, -0.2) is 0 Å². The highest BCUT2D eigenvalue weighted by Gasteiger charge is 2.15. The summed E-state index contributed by atoms with van der Waals surface area (Å²) in [7, 11) is 0. The molecule has 0 aromatic heterocycles. The molecule has 0 aliphatic heterocycles. The van der Waals surface area contributed by atoms with Gasteiger partial charge in [0, 0.05) is 6.04 Å². The van der Waals surface area contributed by atoms with Crippen LogP contribution in [-0.2, 0) is 0 Å². The molecule has 0 saturated carbocycles. The van der Waals surface area contributed by atoms with Crippen LogP contribution in [0.2, 0.25) is 0 Å². The summed E-state index contributed by atoms with van der Waals surface area (Å²) in [5.74, 6) is 0.890. The summed E-state index contributed by atoms with van der Waals surface area (Å²) in [5.41, 5.74) is 0. The van der Waals surface area contributed by atoms with E-state index in [1.165, 1.54) is 38.6 Å². The van der Waals surface area contributed by atoms with Gasteiger partial charge in [0.2, 0.25) is 0 Å². The highest BCUT2D eigenvalue weighted by atomic mass is 14.9. The molecule has 1 heteroatoms. The minimum atomic E-state index is 0.755. The van der Waals surface area contributed by atoms with Crippen LogP contribution >= 0.6 is 0 Å². The van der Waals surface area contributed by atoms with Crippen molar-refractivity contribution in [1.82, 2.24) is 5.32 Å². The molecule has 0 rings (SSSR count). The molecule has 0 aliphatic carbocycles. The van der Waals surface area contributed by atoms with Gasteiger partial charge in [0.25, 0.3) is 0 Å². The first kappa shape index (κ1) is 13.0. The Labute approximate surface area is 84.3 Å². The lowest BCUT2D eigenvalue weighted by molar-refractivity contribution is 0.315. The molecular weight excluding hydrogens is 158 g/mol. The van der Waals surface area contributed by atoms with Crippen LogP contribution in [0.1, 0.15) is 59.8 Å². The SMILES string of the molecule is CCCNC(CC)C(CC)CCC. The Morgan fingerprint density at radius 3 is 2.00 bits per heavy atom. The molecule has 0 radical (unpaired) electrons. The first-order valence-electron chi connectivity index (χ1n) is 6.03. The largest absolute Gasteiger partial charge is 0.314 e. The lowest BCUT2D eigenvalue weighted by Gasteiger charge is -2.26. The van der Waals surface area contributed by atoms with Gasteiger partial charge in [-0.1, -0.05) is 40.5 Å². The summed E-state index contributed by atoms with van der Waals surface area (Å²) in [6.45, 7) is 10.3. The lowest BCUT2D eigenvalue weighted by atomic mass is 9.90. The average molecular weight is 185 g/mol. The number of hydrogen-bond acceptors (Lipinski definition) is 1. The molecule has 0 aliphatic rings. The van der Waals surface area contributed by atoms with Crippen LogP contribution in [0.4, 0.5) is 0 Å². The highest BCUT2D eigenvalue weighted by molar-refractivity contribution is 4.73. The van der Waals surface area contributed by atoms with E-state index in [4.69, 9.17) is 0 Å². The third-order valence-corrected chi connectivity index (χ3v) is 2.85. The Hall–Kier alpha value is -0.0400. The Morgan fingerprint density at radius 1 is 0.923 bits per heavy atom. The molecule has 2 unspecified atom stereocenters.